The van der Waals surface area contributed by atoms with Crippen LogP contribution in [0.3, 0.4) is 0 Å². The largest absolute Gasteiger partial charge is 0.268 e. The first-order chi connectivity index (χ1) is 10.6. The molecule has 0 saturated carbocycles. The van der Waals surface area contributed by atoms with Crippen molar-refractivity contribution in [1.82, 2.24) is 0 Å². The summed E-state index contributed by atoms with van der Waals surface area (Å²) in [6.45, 7) is 3.72. The molecule has 2 aromatic rings. The van der Waals surface area contributed by atoms with Gasteiger partial charge in [-0.05, 0) is 43.5 Å². The highest BCUT2D eigenvalue weighted by Crippen LogP contribution is 2.33. The summed E-state index contributed by atoms with van der Waals surface area (Å²) < 4.78 is 0. The Balaban J connectivity index is 2.13. The number of hydrogen-bond acceptors (Lipinski definition) is 3. The topological polar surface area (TPSA) is 37.4 Å². The number of carbonyl (C=O) groups is 2. The lowest BCUT2D eigenvalue weighted by Crippen LogP contribution is -2.29. The van der Waals surface area contributed by atoms with Crippen LogP contribution < -0.4 is 4.90 Å². The van der Waals surface area contributed by atoms with Gasteiger partial charge in [0.2, 0.25) is 0 Å². The number of imide groups is 1. The van der Waals surface area contributed by atoms with Crippen molar-refractivity contribution in [3.05, 3.63) is 69.4 Å². The fraction of sp³-hybridized carbons (Fsp3) is 0.111. The Bertz CT molecular complexity index is 782. The molecule has 3 rings (SSSR count). The van der Waals surface area contributed by atoms with Crippen LogP contribution in [-0.4, -0.2) is 11.8 Å². The zero-order valence-electron chi connectivity index (χ0n) is 12.4. The van der Waals surface area contributed by atoms with E-state index in [4.69, 9.17) is 0 Å². The molecule has 1 saturated heterocycles. The van der Waals surface area contributed by atoms with E-state index in [2.05, 4.69) is 0 Å². The highest BCUT2D eigenvalue weighted by atomic mass is 32.1. The molecule has 0 radical (unpaired) electrons. The first-order valence-corrected chi connectivity index (χ1v) is 7.84. The summed E-state index contributed by atoms with van der Waals surface area (Å²) in [7, 11) is 0. The number of nitrogens with zero attached hydrogens (tertiary/aromatic N) is 1. The van der Waals surface area contributed by atoms with E-state index in [1.807, 2.05) is 49.6 Å². The molecule has 1 aromatic carbocycles. The summed E-state index contributed by atoms with van der Waals surface area (Å²) in [5.74, 6) is -0.514. The van der Waals surface area contributed by atoms with Gasteiger partial charge in [0.25, 0.3) is 11.8 Å². The summed E-state index contributed by atoms with van der Waals surface area (Å²) in [6.07, 6.45) is 1.80. The van der Waals surface area contributed by atoms with Crippen LogP contribution in [0.4, 0.5) is 5.69 Å². The fourth-order valence-electron chi connectivity index (χ4n) is 2.49. The number of amides is 2. The van der Waals surface area contributed by atoms with E-state index in [1.54, 1.807) is 29.5 Å². The van der Waals surface area contributed by atoms with Gasteiger partial charge in [0, 0.05) is 4.88 Å². The molecule has 2 heterocycles. The summed E-state index contributed by atoms with van der Waals surface area (Å²) in [5, 5.41) is 1.95. The Kier molecular flexibility index (Phi) is 3.77. The molecule has 0 atom stereocenters. The predicted octanol–water partition coefficient (Wildman–Crippen LogP) is 4.04. The number of anilines is 1. The van der Waals surface area contributed by atoms with Gasteiger partial charge in [-0.2, -0.15) is 0 Å². The van der Waals surface area contributed by atoms with E-state index in [0.717, 1.165) is 10.5 Å². The molecule has 1 aliphatic rings. The average molecular weight is 309 g/mol. The summed E-state index contributed by atoms with van der Waals surface area (Å²) in [6, 6.07) is 12.9. The third-order valence-electron chi connectivity index (χ3n) is 3.46. The minimum Gasteiger partial charge on any atom is -0.268 e. The van der Waals surface area contributed by atoms with Crippen LogP contribution in [0.15, 0.2) is 64.6 Å². The Hall–Kier alpha value is -2.46. The number of allylic oxidation sites excluding steroid dienone is 1. The molecule has 110 valence electrons. The zero-order chi connectivity index (χ0) is 15.7. The van der Waals surface area contributed by atoms with Crippen LogP contribution in [0.2, 0.25) is 0 Å². The van der Waals surface area contributed by atoms with Crippen LogP contribution in [0.25, 0.3) is 6.08 Å². The molecule has 1 aliphatic heterocycles. The highest BCUT2D eigenvalue weighted by molar-refractivity contribution is 7.10. The second kappa shape index (κ2) is 5.73. The minimum atomic E-state index is -0.263. The Labute approximate surface area is 133 Å². The van der Waals surface area contributed by atoms with E-state index in [-0.39, 0.29) is 11.8 Å². The number of carbonyl (C=O) groups excluding carboxylic acids is 2. The van der Waals surface area contributed by atoms with Gasteiger partial charge in [-0.15, -0.1) is 11.3 Å². The van der Waals surface area contributed by atoms with Crippen molar-refractivity contribution in [3.8, 4) is 0 Å². The summed E-state index contributed by atoms with van der Waals surface area (Å²) in [5.41, 5.74) is 2.42. The lowest BCUT2D eigenvalue weighted by molar-refractivity contribution is -0.119. The molecule has 2 amide bonds. The number of benzene rings is 1. The SMILES string of the molecule is CC(C)=C1C(=O)N(c2ccccc2)C(=O)/C1=C\c1cccs1. The van der Waals surface area contributed by atoms with Gasteiger partial charge in [-0.1, -0.05) is 29.8 Å². The van der Waals surface area contributed by atoms with Crippen molar-refractivity contribution in [3.63, 3.8) is 0 Å². The van der Waals surface area contributed by atoms with Crippen molar-refractivity contribution in [2.24, 2.45) is 0 Å². The number of hydrogen-bond donors (Lipinski definition) is 0. The maximum atomic E-state index is 12.8. The number of thiophene rings is 1. The number of para-hydroxylation sites is 1. The first kappa shape index (κ1) is 14.5. The lowest BCUT2D eigenvalue weighted by Gasteiger charge is -2.12. The smallest absolute Gasteiger partial charge is 0.266 e. The molecular formula is C18H15NO2S. The van der Waals surface area contributed by atoms with Crippen LogP contribution in [0, 0.1) is 0 Å². The maximum Gasteiger partial charge on any atom is 0.266 e. The quantitative estimate of drug-likeness (QED) is 0.620. The highest BCUT2D eigenvalue weighted by Gasteiger charge is 2.40. The van der Waals surface area contributed by atoms with Crippen molar-refractivity contribution < 1.29 is 9.59 Å². The molecule has 1 fully saturated rings. The van der Waals surface area contributed by atoms with Gasteiger partial charge in [-0.3, -0.25) is 9.59 Å². The Morgan fingerprint density at radius 1 is 1.00 bits per heavy atom. The van der Waals surface area contributed by atoms with Gasteiger partial charge in [-0.25, -0.2) is 4.90 Å². The van der Waals surface area contributed by atoms with Crippen molar-refractivity contribution >= 4 is 34.9 Å². The summed E-state index contributed by atoms with van der Waals surface area (Å²) in [4.78, 5) is 27.7. The molecule has 3 nitrogen and oxygen atoms in total. The van der Waals surface area contributed by atoms with Crippen LogP contribution >= 0.6 is 11.3 Å². The lowest BCUT2D eigenvalue weighted by atomic mass is 10.0. The molecular weight excluding hydrogens is 294 g/mol. The normalized spacial score (nSPS) is 16.7. The monoisotopic (exact) mass is 309 g/mol. The van der Waals surface area contributed by atoms with E-state index < -0.39 is 0 Å². The molecule has 1 aromatic heterocycles. The van der Waals surface area contributed by atoms with Gasteiger partial charge < -0.3 is 0 Å². The molecule has 0 aliphatic carbocycles. The molecule has 0 unspecified atom stereocenters. The molecule has 0 spiro atoms. The minimum absolute atomic E-state index is 0.251. The predicted molar refractivity (Wildman–Crippen MR) is 89.6 cm³/mol. The summed E-state index contributed by atoms with van der Waals surface area (Å²) >= 11 is 1.54. The van der Waals surface area contributed by atoms with E-state index in [1.165, 1.54) is 4.90 Å². The van der Waals surface area contributed by atoms with E-state index in [9.17, 15) is 9.59 Å². The Morgan fingerprint density at radius 2 is 1.73 bits per heavy atom. The number of rotatable bonds is 2. The van der Waals surface area contributed by atoms with Gasteiger partial charge in [0.05, 0.1) is 16.8 Å². The van der Waals surface area contributed by atoms with Gasteiger partial charge >= 0.3 is 0 Å². The third-order valence-corrected chi connectivity index (χ3v) is 4.28. The van der Waals surface area contributed by atoms with Gasteiger partial charge in [0.15, 0.2) is 0 Å². The second-order valence-electron chi connectivity index (χ2n) is 5.23. The molecule has 4 heteroatoms. The maximum absolute atomic E-state index is 12.8. The van der Waals surface area contributed by atoms with Crippen molar-refractivity contribution in [2.45, 2.75) is 13.8 Å². The molecule has 0 bridgehead atoms. The van der Waals surface area contributed by atoms with Crippen LogP contribution in [-0.2, 0) is 9.59 Å². The second-order valence-corrected chi connectivity index (χ2v) is 6.21. The van der Waals surface area contributed by atoms with Gasteiger partial charge in [0.1, 0.15) is 0 Å². The molecule has 0 N–H and O–H groups in total. The third kappa shape index (κ3) is 2.42. The van der Waals surface area contributed by atoms with Crippen LogP contribution in [0.5, 0.6) is 0 Å². The first-order valence-electron chi connectivity index (χ1n) is 6.96. The van der Waals surface area contributed by atoms with Crippen molar-refractivity contribution in [1.29, 1.82) is 0 Å². The van der Waals surface area contributed by atoms with E-state index >= 15 is 0 Å². The standard InChI is InChI=1S/C18H15NO2S/c1-12(2)16-15(11-14-9-6-10-22-14)17(20)19(18(16)21)13-7-4-3-5-8-13/h3-11H,1-2H3/b15-11-. The Morgan fingerprint density at radius 3 is 2.32 bits per heavy atom. The fourth-order valence-corrected chi connectivity index (χ4v) is 3.15. The van der Waals surface area contributed by atoms with Crippen LogP contribution in [0.1, 0.15) is 18.7 Å². The molecule has 22 heavy (non-hydrogen) atoms. The zero-order valence-corrected chi connectivity index (χ0v) is 13.2. The van der Waals surface area contributed by atoms with Crippen molar-refractivity contribution in [2.75, 3.05) is 4.90 Å². The van der Waals surface area contributed by atoms with E-state index in [0.29, 0.717) is 16.8 Å². The average Bonchev–Trinajstić information content (AvgIpc) is 3.08.